The fourth-order valence-electron chi connectivity index (χ4n) is 3.00. The predicted molar refractivity (Wildman–Crippen MR) is 98.7 cm³/mol. The van der Waals surface area contributed by atoms with E-state index in [0.717, 1.165) is 6.54 Å². The molecule has 0 saturated carbocycles. The summed E-state index contributed by atoms with van der Waals surface area (Å²) in [5, 5.41) is 30.4. The molecule has 1 aromatic rings. The van der Waals surface area contributed by atoms with Crippen LogP contribution in [-0.4, -0.2) is 35.8 Å². The van der Waals surface area contributed by atoms with Crippen molar-refractivity contribution in [2.75, 3.05) is 20.6 Å². The Kier molecular flexibility index (Phi) is 6.68. The molecule has 26 heavy (non-hydrogen) atoms. The molecule has 0 heterocycles. The fourth-order valence-corrected chi connectivity index (χ4v) is 3.00. The number of nitriles is 1. The normalized spacial score (nSPS) is 15.9. The van der Waals surface area contributed by atoms with E-state index in [0.29, 0.717) is 35.1 Å². The van der Waals surface area contributed by atoms with Gasteiger partial charge in [0.1, 0.15) is 11.4 Å². The van der Waals surface area contributed by atoms with Crippen LogP contribution in [0.4, 0.5) is 4.39 Å². The molecule has 0 aliphatic heterocycles. The molecule has 0 fully saturated rings. The van der Waals surface area contributed by atoms with Gasteiger partial charge in [-0.2, -0.15) is 5.26 Å². The van der Waals surface area contributed by atoms with Gasteiger partial charge in [0, 0.05) is 5.57 Å². The number of benzene rings is 1. The fraction of sp³-hybridized carbons (Fsp3) is 0.333. The third-order valence-corrected chi connectivity index (χ3v) is 4.33. The minimum absolute atomic E-state index is 0.311. The topological polar surface area (TPSA) is 67.5 Å². The lowest BCUT2D eigenvalue weighted by Gasteiger charge is -2.31. The highest BCUT2D eigenvalue weighted by Gasteiger charge is 2.34. The predicted octanol–water partition coefficient (Wildman–Crippen LogP) is 3.08. The van der Waals surface area contributed by atoms with Crippen molar-refractivity contribution in [2.45, 2.75) is 25.0 Å². The summed E-state index contributed by atoms with van der Waals surface area (Å²) >= 11 is 0. The maximum Gasteiger partial charge on any atom is 0.123 e. The molecule has 4 nitrogen and oxygen atoms in total. The van der Waals surface area contributed by atoms with E-state index < -0.39 is 11.4 Å². The first-order valence-electron chi connectivity index (χ1n) is 8.43. The van der Waals surface area contributed by atoms with Crippen molar-refractivity contribution in [1.82, 2.24) is 4.90 Å². The average Bonchev–Trinajstić information content (AvgIpc) is 2.85. The second-order valence-electron chi connectivity index (χ2n) is 6.52. The molecule has 5 heteroatoms. The molecule has 2 rings (SSSR count). The van der Waals surface area contributed by atoms with Crippen LogP contribution in [0, 0.1) is 11.3 Å². The minimum atomic E-state index is -1.45. The van der Waals surface area contributed by atoms with Gasteiger partial charge in [0.05, 0.1) is 18.2 Å². The average molecular weight is 354 g/mol. The molecular formula is C21H23FN2O2. The van der Waals surface area contributed by atoms with E-state index >= 15 is 0 Å². The number of aliphatic hydroxyl groups is 2. The maximum absolute atomic E-state index is 13.5. The van der Waals surface area contributed by atoms with Gasteiger partial charge in [0.25, 0.3) is 0 Å². The molecule has 1 aromatic carbocycles. The minimum Gasteiger partial charge on any atom is -0.392 e. The number of allylic oxidation sites excluding steroid dienone is 3. The number of nitrogens with zero attached hydrogens (tertiary/aromatic N) is 2. The van der Waals surface area contributed by atoms with Gasteiger partial charge in [-0.25, -0.2) is 4.39 Å². The highest BCUT2D eigenvalue weighted by atomic mass is 19.1. The molecule has 0 unspecified atom stereocenters. The zero-order valence-corrected chi connectivity index (χ0v) is 15.0. The van der Waals surface area contributed by atoms with E-state index in [1.165, 1.54) is 24.3 Å². The summed E-state index contributed by atoms with van der Waals surface area (Å²) < 4.78 is 13.5. The summed E-state index contributed by atoms with van der Waals surface area (Å²) in [6.07, 6.45) is 6.55. The largest absolute Gasteiger partial charge is 0.392 e. The van der Waals surface area contributed by atoms with E-state index in [4.69, 9.17) is 5.26 Å². The molecule has 1 aliphatic carbocycles. The smallest absolute Gasteiger partial charge is 0.123 e. The Hall–Kier alpha value is -2.48. The molecule has 0 spiro atoms. The van der Waals surface area contributed by atoms with E-state index in [1.807, 2.05) is 25.1 Å². The van der Waals surface area contributed by atoms with E-state index in [-0.39, 0.29) is 6.61 Å². The zero-order chi connectivity index (χ0) is 19.2. The van der Waals surface area contributed by atoms with Gasteiger partial charge in [0.2, 0.25) is 0 Å². The molecule has 0 bridgehead atoms. The third kappa shape index (κ3) is 4.57. The van der Waals surface area contributed by atoms with E-state index in [1.54, 1.807) is 18.2 Å². The Morgan fingerprint density at radius 1 is 1.31 bits per heavy atom. The summed E-state index contributed by atoms with van der Waals surface area (Å²) in [6, 6.07) is 6.85. The Balaban J connectivity index is 2.53. The van der Waals surface area contributed by atoms with Gasteiger partial charge in [0.15, 0.2) is 0 Å². The standard InChI is InChI=1S/C21H23FN2O2/c1-24(2)12-4-11-21(26,18-5-3-6-19(22)9-8-18)20-10-7-16(14-23)13-17(20)15-25/h3,6-10,13,25-26H,4,11-12,15H2,1-2H3/t21-/m0/s1. The van der Waals surface area contributed by atoms with Gasteiger partial charge in [-0.3, -0.25) is 0 Å². The number of halogens is 1. The Morgan fingerprint density at radius 2 is 2.08 bits per heavy atom. The van der Waals surface area contributed by atoms with Gasteiger partial charge < -0.3 is 15.1 Å². The van der Waals surface area contributed by atoms with Crippen molar-refractivity contribution < 1.29 is 14.6 Å². The molecule has 0 aromatic heterocycles. The molecule has 1 aliphatic rings. The van der Waals surface area contributed by atoms with Crippen molar-refractivity contribution in [1.29, 1.82) is 5.26 Å². The first kappa shape index (κ1) is 19.8. The van der Waals surface area contributed by atoms with Crippen LogP contribution in [0.3, 0.4) is 0 Å². The van der Waals surface area contributed by atoms with E-state index in [2.05, 4.69) is 5.73 Å². The first-order valence-corrected chi connectivity index (χ1v) is 8.43. The Labute approximate surface area is 153 Å². The summed E-state index contributed by atoms with van der Waals surface area (Å²) in [5.74, 6) is -0.426. The van der Waals surface area contributed by atoms with Gasteiger partial charge in [-0.05, 0) is 81.0 Å². The monoisotopic (exact) mass is 354 g/mol. The molecule has 0 radical (unpaired) electrons. The highest BCUT2D eigenvalue weighted by Crippen LogP contribution is 2.37. The van der Waals surface area contributed by atoms with Crippen molar-refractivity contribution in [3.63, 3.8) is 0 Å². The van der Waals surface area contributed by atoms with Crippen LogP contribution in [0.2, 0.25) is 0 Å². The second-order valence-corrected chi connectivity index (χ2v) is 6.52. The summed E-state index contributed by atoms with van der Waals surface area (Å²) in [7, 11) is 3.90. The quantitative estimate of drug-likeness (QED) is 0.739. The van der Waals surface area contributed by atoms with Crippen LogP contribution in [0.15, 0.2) is 59.6 Å². The summed E-state index contributed by atoms with van der Waals surface area (Å²) in [5.41, 5.74) is 3.29. The number of hydrogen-bond acceptors (Lipinski definition) is 4. The van der Waals surface area contributed by atoms with Crippen LogP contribution in [0.5, 0.6) is 0 Å². The molecule has 1 atom stereocenters. The highest BCUT2D eigenvalue weighted by molar-refractivity contribution is 5.48. The Bertz CT molecular complexity index is 827. The maximum atomic E-state index is 13.5. The lowest BCUT2D eigenvalue weighted by molar-refractivity contribution is 0.0636. The Morgan fingerprint density at radius 3 is 2.73 bits per heavy atom. The number of hydrogen-bond donors (Lipinski definition) is 2. The van der Waals surface area contributed by atoms with Crippen molar-refractivity contribution in [3.8, 4) is 6.07 Å². The van der Waals surface area contributed by atoms with Crippen LogP contribution in [0.1, 0.15) is 29.5 Å². The lowest BCUT2D eigenvalue weighted by atomic mass is 9.79. The van der Waals surface area contributed by atoms with Gasteiger partial charge in [-0.15, -0.1) is 5.73 Å². The van der Waals surface area contributed by atoms with E-state index in [9.17, 15) is 14.6 Å². The van der Waals surface area contributed by atoms with Crippen LogP contribution in [-0.2, 0) is 12.2 Å². The van der Waals surface area contributed by atoms with Crippen LogP contribution >= 0.6 is 0 Å². The molecule has 2 N–H and O–H groups in total. The molecular weight excluding hydrogens is 331 g/mol. The SMILES string of the molecule is CN(C)CCC[C@](O)(C1=C=CC=C(F)C=C1)c1ccc(C#N)cc1CO. The summed E-state index contributed by atoms with van der Waals surface area (Å²) in [6.45, 7) is 0.453. The number of rotatable bonds is 7. The molecule has 136 valence electrons. The number of aliphatic hydroxyl groups excluding tert-OH is 1. The first-order chi connectivity index (χ1) is 12.4. The van der Waals surface area contributed by atoms with Gasteiger partial charge >= 0.3 is 0 Å². The van der Waals surface area contributed by atoms with Crippen LogP contribution in [0.25, 0.3) is 0 Å². The summed E-state index contributed by atoms with van der Waals surface area (Å²) in [4.78, 5) is 2.01. The van der Waals surface area contributed by atoms with Crippen LogP contribution < -0.4 is 0 Å². The van der Waals surface area contributed by atoms with Crippen molar-refractivity contribution >= 4 is 0 Å². The van der Waals surface area contributed by atoms with Crippen molar-refractivity contribution in [3.05, 3.63) is 76.3 Å². The zero-order valence-electron chi connectivity index (χ0n) is 15.0. The van der Waals surface area contributed by atoms with Gasteiger partial charge in [-0.1, -0.05) is 6.07 Å². The second kappa shape index (κ2) is 8.75. The van der Waals surface area contributed by atoms with Crippen molar-refractivity contribution in [2.24, 2.45) is 0 Å². The molecule has 0 amide bonds. The molecule has 0 saturated heterocycles. The third-order valence-electron chi connectivity index (χ3n) is 4.33. The lowest BCUT2D eigenvalue weighted by Crippen LogP contribution is -2.30.